The van der Waals surface area contributed by atoms with Crippen LogP contribution in [-0.4, -0.2) is 86.6 Å². The number of carboxylic acids is 1. The molecule has 6 atom stereocenters. The van der Waals surface area contributed by atoms with Crippen LogP contribution in [0.25, 0.3) is 0 Å². The first-order valence-electron chi connectivity index (χ1n) is 5.22. The Morgan fingerprint density at radius 1 is 1.17 bits per heavy atom. The number of carboxylic acid groups (broad SMARTS) is 1. The summed E-state index contributed by atoms with van der Waals surface area (Å²) in [6.45, 7) is -1.51. The summed E-state index contributed by atoms with van der Waals surface area (Å²) in [5.41, 5.74) is 0. The molecule has 1 aliphatic heterocycles. The van der Waals surface area contributed by atoms with Gasteiger partial charge in [0.05, 0.1) is 13.2 Å². The average Bonchev–Trinajstić information content (AvgIpc) is 2.35. The summed E-state index contributed by atoms with van der Waals surface area (Å²) in [6.07, 6.45) is -9.32. The van der Waals surface area contributed by atoms with Crippen LogP contribution in [0.4, 0.5) is 0 Å². The highest BCUT2D eigenvalue weighted by atomic mass is 16.7. The van der Waals surface area contributed by atoms with Gasteiger partial charge in [-0.2, -0.15) is 0 Å². The summed E-state index contributed by atoms with van der Waals surface area (Å²) >= 11 is 0. The predicted molar refractivity (Wildman–Crippen MR) is 53.4 cm³/mol. The third-order valence-electron chi connectivity index (χ3n) is 2.59. The van der Waals surface area contributed by atoms with Crippen molar-refractivity contribution in [2.45, 2.75) is 36.8 Å². The molecule has 1 fully saturated rings. The Morgan fingerprint density at radius 2 is 1.78 bits per heavy atom. The maximum atomic E-state index is 10.6. The fourth-order valence-electron chi connectivity index (χ4n) is 1.52. The van der Waals surface area contributed by atoms with Crippen LogP contribution in [0.3, 0.4) is 0 Å². The summed E-state index contributed by atoms with van der Waals surface area (Å²) in [4.78, 5) is 10.6. The second kappa shape index (κ2) is 6.38. The van der Waals surface area contributed by atoms with Crippen molar-refractivity contribution in [1.29, 1.82) is 0 Å². The van der Waals surface area contributed by atoms with E-state index in [0.717, 1.165) is 0 Å². The van der Waals surface area contributed by atoms with Gasteiger partial charge in [-0.1, -0.05) is 0 Å². The Balaban J connectivity index is 2.72. The van der Waals surface area contributed by atoms with Crippen molar-refractivity contribution < 1.29 is 44.9 Å². The van der Waals surface area contributed by atoms with Crippen molar-refractivity contribution in [2.24, 2.45) is 0 Å². The molecule has 9 heteroatoms. The summed E-state index contributed by atoms with van der Waals surface area (Å²) in [5, 5.41) is 54.7. The molecule has 0 aromatic carbocycles. The molecular weight excluding hydrogens is 252 g/mol. The van der Waals surface area contributed by atoms with E-state index in [4.69, 9.17) is 24.8 Å². The summed E-state index contributed by atoms with van der Waals surface area (Å²) in [7, 11) is 0. The smallest absolute Gasteiger partial charge is 0.335 e. The van der Waals surface area contributed by atoms with Crippen LogP contribution in [0.15, 0.2) is 0 Å². The summed E-state index contributed by atoms with van der Waals surface area (Å²) in [6, 6.07) is 0. The lowest BCUT2D eigenvalue weighted by atomic mass is 9.99. The van der Waals surface area contributed by atoms with Crippen LogP contribution < -0.4 is 0 Å². The molecule has 0 aromatic rings. The highest BCUT2D eigenvalue weighted by Gasteiger charge is 2.45. The minimum Gasteiger partial charge on any atom is -0.479 e. The lowest BCUT2D eigenvalue weighted by Gasteiger charge is -2.40. The van der Waals surface area contributed by atoms with E-state index in [-0.39, 0.29) is 0 Å². The SMILES string of the molecule is O=C(O)[C@H](CO)O[C@H]1OC(CO)[C@@H](O)C(O)[C@H]1O. The number of rotatable bonds is 5. The molecule has 1 rings (SSSR count). The first-order chi connectivity index (χ1) is 8.42. The maximum Gasteiger partial charge on any atom is 0.335 e. The molecule has 0 saturated carbocycles. The van der Waals surface area contributed by atoms with Gasteiger partial charge in [0.25, 0.3) is 0 Å². The minimum atomic E-state index is -1.70. The summed E-state index contributed by atoms with van der Waals surface area (Å²) in [5.74, 6) is -1.48. The van der Waals surface area contributed by atoms with Crippen molar-refractivity contribution in [3.63, 3.8) is 0 Å². The zero-order chi connectivity index (χ0) is 13.9. The van der Waals surface area contributed by atoms with E-state index in [1.165, 1.54) is 0 Å². The quantitative estimate of drug-likeness (QED) is 0.294. The molecule has 1 aliphatic rings. The van der Waals surface area contributed by atoms with Crippen LogP contribution in [-0.2, 0) is 14.3 Å². The van der Waals surface area contributed by atoms with E-state index in [2.05, 4.69) is 0 Å². The van der Waals surface area contributed by atoms with Crippen molar-refractivity contribution >= 4 is 5.97 Å². The molecule has 106 valence electrons. The third-order valence-corrected chi connectivity index (χ3v) is 2.59. The van der Waals surface area contributed by atoms with Crippen LogP contribution in [0, 0.1) is 0 Å². The Hall–Kier alpha value is -0.810. The topological polar surface area (TPSA) is 157 Å². The highest BCUT2D eigenvalue weighted by molar-refractivity contribution is 5.72. The zero-order valence-electron chi connectivity index (χ0n) is 9.29. The highest BCUT2D eigenvalue weighted by Crippen LogP contribution is 2.22. The van der Waals surface area contributed by atoms with Gasteiger partial charge in [-0.25, -0.2) is 4.79 Å². The van der Waals surface area contributed by atoms with Gasteiger partial charge in [0.1, 0.15) is 24.4 Å². The monoisotopic (exact) mass is 268 g/mol. The largest absolute Gasteiger partial charge is 0.479 e. The van der Waals surface area contributed by atoms with Crippen molar-refractivity contribution in [3.8, 4) is 0 Å². The normalized spacial score (nSPS) is 38.4. The van der Waals surface area contributed by atoms with E-state index >= 15 is 0 Å². The van der Waals surface area contributed by atoms with Crippen LogP contribution >= 0.6 is 0 Å². The minimum absolute atomic E-state index is 0.651. The van der Waals surface area contributed by atoms with Gasteiger partial charge in [0, 0.05) is 0 Å². The van der Waals surface area contributed by atoms with Gasteiger partial charge >= 0.3 is 5.97 Å². The van der Waals surface area contributed by atoms with Crippen molar-refractivity contribution in [2.75, 3.05) is 13.2 Å². The molecule has 2 unspecified atom stereocenters. The van der Waals surface area contributed by atoms with Crippen LogP contribution in [0.5, 0.6) is 0 Å². The number of ether oxygens (including phenoxy) is 2. The number of aliphatic hydroxyl groups is 5. The van der Waals surface area contributed by atoms with Crippen molar-refractivity contribution in [1.82, 2.24) is 0 Å². The molecule has 1 saturated heterocycles. The molecule has 0 radical (unpaired) electrons. The number of hydrogen-bond acceptors (Lipinski definition) is 8. The van der Waals surface area contributed by atoms with Gasteiger partial charge in [0.15, 0.2) is 12.4 Å². The summed E-state index contributed by atoms with van der Waals surface area (Å²) < 4.78 is 9.67. The second-order valence-corrected chi connectivity index (χ2v) is 3.84. The Bertz CT molecular complexity index is 281. The molecular formula is C9H16O9. The molecule has 1 heterocycles. The number of aliphatic hydroxyl groups excluding tert-OH is 5. The molecule has 9 nitrogen and oxygen atoms in total. The number of aliphatic carboxylic acids is 1. The van der Waals surface area contributed by atoms with Crippen LogP contribution in [0.2, 0.25) is 0 Å². The van der Waals surface area contributed by atoms with E-state index in [1.54, 1.807) is 0 Å². The van der Waals surface area contributed by atoms with E-state index in [1.807, 2.05) is 0 Å². The Morgan fingerprint density at radius 3 is 2.22 bits per heavy atom. The average molecular weight is 268 g/mol. The van der Waals surface area contributed by atoms with Crippen LogP contribution in [0.1, 0.15) is 0 Å². The molecule has 0 bridgehead atoms. The van der Waals surface area contributed by atoms with Crippen molar-refractivity contribution in [3.05, 3.63) is 0 Å². The zero-order valence-corrected chi connectivity index (χ0v) is 9.29. The van der Waals surface area contributed by atoms with Gasteiger partial charge in [-0.05, 0) is 0 Å². The fraction of sp³-hybridized carbons (Fsp3) is 0.889. The molecule has 0 aromatic heterocycles. The molecule has 0 spiro atoms. The first-order valence-corrected chi connectivity index (χ1v) is 5.22. The molecule has 0 amide bonds. The molecule has 6 N–H and O–H groups in total. The van der Waals surface area contributed by atoms with E-state index in [9.17, 15) is 20.1 Å². The molecule has 0 aliphatic carbocycles. The lowest BCUT2D eigenvalue weighted by molar-refractivity contribution is -0.311. The Kier molecular flexibility index (Phi) is 5.41. The van der Waals surface area contributed by atoms with Gasteiger partial charge in [0.2, 0.25) is 0 Å². The lowest BCUT2D eigenvalue weighted by Crippen LogP contribution is -2.60. The Labute approximate surface area is 102 Å². The molecule has 18 heavy (non-hydrogen) atoms. The number of hydrogen-bond donors (Lipinski definition) is 6. The first kappa shape index (κ1) is 15.2. The standard InChI is InChI=1S/C9H16O9/c10-1-3-5(12)6(13)7(14)9(17-3)18-4(2-11)8(15)16/h3-7,9-14H,1-2H2,(H,15,16)/t3?,4-,5+,6?,7+,9+/m0/s1. The second-order valence-electron chi connectivity index (χ2n) is 3.84. The number of carbonyl (C=O) groups is 1. The van der Waals surface area contributed by atoms with E-state index < -0.39 is 56.0 Å². The van der Waals surface area contributed by atoms with Gasteiger partial charge in [-0.15, -0.1) is 0 Å². The fourth-order valence-corrected chi connectivity index (χ4v) is 1.52. The third kappa shape index (κ3) is 3.14. The van der Waals surface area contributed by atoms with E-state index in [0.29, 0.717) is 0 Å². The maximum absolute atomic E-state index is 10.6. The van der Waals surface area contributed by atoms with Gasteiger partial charge in [-0.3, -0.25) is 0 Å². The predicted octanol–water partition coefficient (Wildman–Crippen LogP) is -3.75. The van der Waals surface area contributed by atoms with Gasteiger partial charge < -0.3 is 40.1 Å².